The van der Waals surface area contributed by atoms with Crippen molar-refractivity contribution in [2.45, 2.75) is 24.8 Å². The van der Waals surface area contributed by atoms with Crippen molar-refractivity contribution >= 4 is 29.2 Å². The SMILES string of the molecule is Cc1cccc(CSc2nc(Nc3cc(C)[nH]n3)cc(N3CCN(C)CC3)n2)c1. The number of nitrogens with one attached hydrogen (secondary N) is 2. The summed E-state index contributed by atoms with van der Waals surface area (Å²) in [6.07, 6.45) is 0. The Labute approximate surface area is 175 Å². The average molecular weight is 410 g/mol. The van der Waals surface area contributed by atoms with Crippen LogP contribution >= 0.6 is 11.8 Å². The number of rotatable bonds is 6. The van der Waals surface area contributed by atoms with Crippen LogP contribution in [0.25, 0.3) is 0 Å². The van der Waals surface area contributed by atoms with E-state index in [4.69, 9.17) is 9.97 Å². The van der Waals surface area contributed by atoms with Crippen LogP contribution in [0.15, 0.2) is 41.6 Å². The molecule has 3 heterocycles. The molecule has 1 aliphatic rings. The van der Waals surface area contributed by atoms with E-state index < -0.39 is 0 Å². The van der Waals surface area contributed by atoms with E-state index in [1.165, 1.54) is 11.1 Å². The van der Waals surface area contributed by atoms with Crippen molar-refractivity contribution in [2.75, 3.05) is 43.4 Å². The Hall–Kier alpha value is -2.58. The summed E-state index contributed by atoms with van der Waals surface area (Å²) in [5.74, 6) is 3.34. The molecule has 1 aromatic carbocycles. The predicted octanol–water partition coefficient (Wildman–Crippen LogP) is 3.60. The first-order valence-corrected chi connectivity index (χ1v) is 10.8. The van der Waals surface area contributed by atoms with Crippen molar-refractivity contribution in [3.05, 3.63) is 53.2 Å². The Morgan fingerprint density at radius 2 is 1.86 bits per heavy atom. The Morgan fingerprint density at radius 1 is 1.03 bits per heavy atom. The average Bonchev–Trinajstić information content (AvgIpc) is 3.11. The first-order chi connectivity index (χ1) is 14.0. The highest BCUT2D eigenvalue weighted by Gasteiger charge is 2.18. The highest BCUT2D eigenvalue weighted by molar-refractivity contribution is 7.98. The number of benzene rings is 1. The lowest BCUT2D eigenvalue weighted by Gasteiger charge is -2.33. The van der Waals surface area contributed by atoms with Gasteiger partial charge in [-0.2, -0.15) is 5.10 Å². The van der Waals surface area contributed by atoms with E-state index in [0.717, 1.165) is 60.2 Å². The largest absolute Gasteiger partial charge is 0.354 e. The summed E-state index contributed by atoms with van der Waals surface area (Å²) in [6, 6.07) is 12.6. The number of hydrogen-bond acceptors (Lipinski definition) is 7. The van der Waals surface area contributed by atoms with E-state index in [2.05, 4.69) is 63.6 Å². The van der Waals surface area contributed by atoms with Crippen LogP contribution in [0, 0.1) is 13.8 Å². The highest BCUT2D eigenvalue weighted by atomic mass is 32.2. The molecule has 0 aliphatic carbocycles. The van der Waals surface area contributed by atoms with Crippen molar-refractivity contribution < 1.29 is 0 Å². The Morgan fingerprint density at radius 3 is 2.59 bits per heavy atom. The first kappa shape index (κ1) is 19.7. The van der Waals surface area contributed by atoms with Crippen molar-refractivity contribution in [1.29, 1.82) is 0 Å². The number of H-pyrrole nitrogens is 1. The highest BCUT2D eigenvalue weighted by Crippen LogP contribution is 2.26. The summed E-state index contributed by atoms with van der Waals surface area (Å²) in [5.41, 5.74) is 3.56. The van der Waals surface area contributed by atoms with Gasteiger partial charge in [0.2, 0.25) is 0 Å². The summed E-state index contributed by atoms with van der Waals surface area (Å²) < 4.78 is 0. The van der Waals surface area contributed by atoms with Gasteiger partial charge in [-0.25, -0.2) is 9.97 Å². The zero-order valence-electron chi connectivity index (χ0n) is 17.1. The standard InChI is InChI=1S/C21H27N7S/c1-15-5-4-6-17(11-15)14-29-21-23-18(22-19-12-16(2)25-26-19)13-20(24-21)28-9-7-27(3)8-10-28/h4-6,11-13H,7-10,14H2,1-3H3,(H2,22,23,24,25,26). The van der Waals surface area contributed by atoms with Gasteiger partial charge in [0, 0.05) is 49.8 Å². The van der Waals surface area contributed by atoms with Gasteiger partial charge in [-0.15, -0.1) is 0 Å². The molecule has 0 saturated carbocycles. The molecule has 4 rings (SSSR count). The van der Waals surface area contributed by atoms with E-state index in [0.29, 0.717) is 0 Å². The lowest BCUT2D eigenvalue weighted by molar-refractivity contribution is 0.312. The van der Waals surface area contributed by atoms with Gasteiger partial charge in [0.25, 0.3) is 0 Å². The maximum Gasteiger partial charge on any atom is 0.191 e. The number of thioether (sulfide) groups is 1. The molecule has 0 atom stereocenters. The molecule has 29 heavy (non-hydrogen) atoms. The fourth-order valence-electron chi connectivity index (χ4n) is 3.30. The molecule has 0 radical (unpaired) electrons. The van der Waals surface area contributed by atoms with Gasteiger partial charge in [-0.05, 0) is 26.5 Å². The van der Waals surface area contributed by atoms with Gasteiger partial charge < -0.3 is 15.1 Å². The molecule has 2 aromatic heterocycles. The fraction of sp³-hybridized carbons (Fsp3) is 0.381. The summed E-state index contributed by atoms with van der Waals surface area (Å²) in [5, 5.41) is 11.3. The molecule has 1 aliphatic heterocycles. The molecular formula is C21H27N7S. The molecule has 0 amide bonds. The summed E-state index contributed by atoms with van der Waals surface area (Å²) in [6.45, 7) is 8.12. The summed E-state index contributed by atoms with van der Waals surface area (Å²) >= 11 is 1.66. The van der Waals surface area contributed by atoms with Crippen LogP contribution < -0.4 is 10.2 Å². The van der Waals surface area contributed by atoms with Crippen molar-refractivity contribution in [3.8, 4) is 0 Å². The fourth-order valence-corrected chi connectivity index (χ4v) is 4.10. The number of aromatic nitrogens is 4. The number of hydrogen-bond donors (Lipinski definition) is 2. The van der Waals surface area contributed by atoms with Gasteiger partial charge in [0.05, 0.1) is 0 Å². The van der Waals surface area contributed by atoms with Crippen molar-refractivity contribution in [1.82, 2.24) is 25.1 Å². The second-order valence-corrected chi connectivity index (χ2v) is 8.47. The molecule has 3 aromatic rings. The van der Waals surface area contributed by atoms with E-state index in [1.807, 2.05) is 19.1 Å². The zero-order chi connectivity index (χ0) is 20.2. The first-order valence-electron chi connectivity index (χ1n) is 9.85. The van der Waals surface area contributed by atoms with E-state index in [-0.39, 0.29) is 0 Å². The second kappa shape index (κ2) is 8.84. The minimum Gasteiger partial charge on any atom is -0.354 e. The third kappa shape index (κ3) is 5.27. The molecule has 7 nitrogen and oxygen atoms in total. The number of nitrogens with zero attached hydrogens (tertiary/aromatic N) is 5. The van der Waals surface area contributed by atoms with Gasteiger partial charge in [-0.1, -0.05) is 41.6 Å². The van der Waals surface area contributed by atoms with Crippen LogP contribution in [0.3, 0.4) is 0 Å². The molecule has 152 valence electrons. The normalized spacial score (nSPS) is 14.9. The molecule has 0 unspecified atom stereocenters. The van der Waals surface area contributed by atoms with E-state index >= 15 is 0 Å². The second-order valence-electron chi connectivity index (χ2n) is 7.52. The Kier molecular flexibility index (Phi) is 6.01. The number of anilines is 3. The number of likely N-dealkylation sites (N-methyl/N-ethyl adjacent to an activating group) is 1. The topological polar surface area (TPSA) is 73.0 Å². The van der Waals surface area contributed by atoms with Crippen LogP contribution in [0.1, 0.15) is 16.8 Å². The van der Waals surface area contributed by atoms with Crippen molar-refractivity contribution in [2.24, 2.45) is 0 Å². The number of piperazine rings is 1. The van der Waals surface area contributed by atoms with Crippen molar-refractivity contribution in [3.63, 3.8) is 0 Å². The van der Waals surface area contributed by atoms with Crippen LogP contribution in [0.2, 0.25) is 0 Å². The lowest BCUT2D eigenvalue weighted by Crippen LogP contribution is -2.44. The van der Waals surface area contributed by atoms with E-state index in [9.17, 15) is 0 Å². The van der Waals surface area contributed by atoms with Crippen LogP contribution in [-0.2, 0) is 5.75 Å². The third-order valence-corrected chi connectivity index (χ3v) is 5.85. The third-order valence-electron chi connectivity index (χ3n) is 4.93. The predicted molar refractivity (Wildman–Crippen MR) is 119 cm³/mol. The minimum atomic E-state index is 0.764. The van der Waals surface area contributed by atoms with Crippen LogP contribution in [-0.4, -0.2) is 58.3 Å². The quantitative estimate of drug-likeness (QED) is 0.476. The molecule has 8 heteroatoms. The summed E-state index contributed by atoms with van der Waals surface area (Å²) in [4.78, 5) is 14.3. The molecule has 0 spiro atoms. The van der Waals surface area contributed by atoms with Gasteiger partial charge in [0.1, 0.15) is 11.6 Å². The number of aryl methyl sites for hydroxylation is 2. The summed E-state index contributed by atoms with van der Waals surface area (Å²) in [7, 11) is 2.16. The maximum atomic E-state index is 4.86. The lowest BCUT2D eigenvalue weighted by atomic mass is 10.2. The number of aromatic amines is 1. The molecular weight excluding hydrogens is 382 g/mol. The van der Waals surface area contributed by atoms with Gasteiger partial charge in [-0.3, -0.25) is 5.10 Å². The van der Waals surface area contributed by atoms with E-state index in [1.54, 1.807) is 11.8 Å². The smallest absolute Gasteiger partial charge is 0.191 e. The molecule has 1 saturated heterocycles. The Bertz CT molecular complexity index is 963. The minimum absolute atomic E-state index is 0.764. The molecule has 2 N–H and O–H groups in total. The van der Waals surface area contributed by atoms with Gasteiger partial charge >= 0.3 is 0 Å². The monoisotopic (exact) mass is 409 g/mol. The molecule has 1 fully saturated rings. The molecule has 0 bridgehead atoms. The van der Waals surface area contributed by atoms with Crippen LogP contribution in [0.5, 0.6) is 0 Å². The Balaban J connectivity index is 1.56. The van der Waals surface area contributed by atoms with Crippen LogP contribution in [0.4, 0.5) is 17.5 Å². The maximum absolute atomic E-state index is 4.86. The van der Waals surface area contributed by atoms with Gasteiger partial charge in [0.15, 0.2) is 11.0 Å². The zero-order valence-corrected chi connectivity index (χ0v) is 18.0.